The Labute approximate surface area is 108 Å². The van der Waals surface area contributed by atoms with Gasteiger partial charge < -0.3 is 15.6 Å². The summed E-state index contributed by atoms with van der Waals surface area (Å²) in [4.78, 5) is 10.6. The average Bonchev–Trinajstić information content (AvgIpc) is 2.27. The van der Waals surface area contributed by atoms with Crippen molar-refractivity contribution in [2.45, 2.75) is 39.3 Å². The first kappa shape index (κ1) is 14.5. The van der Waals surface area contributed by atoms with Crippen LogP contribution in [0.3, 0.4) is 0 Å². The summed E-state index contributed by atoms with van der Waals surface area (Å²) in [5, 5.41) is 8.75. The summed E-state index contributed by atoms with van der Waals surface area (Å²) in [6, 6.07) is 7.24. The molecule has 0 aliphatic heterocycles. The van der Waals surface area contributed by atoms with E-state index in [2.05, 4.69) is 0 Å². The van der Waals surface area contributed by atoms with E-state index in [0.29, 0.717) is 0 Å². The molecule has 0 heterocycles. The summed E-state index contributed by atoms with van der Waals surface area (Å²) < 4.78 is 5.54. The molecule has 100 valence electrons. The Morgan fingerprint density at radius 1 is 1.28 bits per heavy atom. The summed E-state index contributed by atoms with van der Waals surface area (Å²) in [5.74, 6) is -0.121. The van der Waals surface area contributed by atoms with Crippen molar-refractivity contribution in [3.63, 3.8) is 0 Å². The van der Waals surface area contributed by atoms with Gasteiger partial charge >= 0.3 is 5.97 Å². The summed E-state index contributed by atoms with van der Waals surface area (Å²) in [6.07, 6.45) is 0.209. The maximum absolute atomic E-state index is 10.6. The van der Waals surface area contributed by atoms with Gasteiger partial charge in [-0.25, -0.2) is 0 Å². The highest BCUT2D eigenvalue weighted by molar-refractivity contribution is 5.67. The molecule has 0 radical (unpaired) electrons. The molecule has 1 rings (SSSR count). The summed E-state index contributed by atoms with van der Waals surface area (Å²) in [5.41, 5.74) is 6.96. The minimum absolute atomic E-state index is 0.0748. The van der Waals surface area contributed by atoms with Crippen LogP contribution in [0.2, 0.25) is 0 Å². The van der Waals surface area contributed by atoms with E-state index < -0.39 is 5.97 Å². The quantitative estimate of drug-likeness (QED) is 0.815. The third-order valence-corrected chi connectivity index (χ3v) is 2.75. The summed E-state index contributed by atoms with van der Waals surface area (Å²) in [6.45, 7) is 5.78. The van der Waals surface area contributed by atoms with Crippen molar-refractivity contribution in [2.24, 2.45) is 11.7 Å². The highest BCUT2D eigenvalue weighted by Crippen LogP contribution is 2.24. The van der Waals surface area contributed by atoms with E-state index in [9.17, 15) is 4.79 Å². The predicted molar refractivity (Wildman–Crippen MR) is 70.6 cm³/mol. The van der Waals surface area contributed by atoms with Crippen LogP contribution >= 0.6 is 0 Å². The van der Waals surface area contributed by atoms with Crippen molar-refractivity contribution in [2.75, 3.05) is 0 Å². The number of carbonyl (C=O) groups is 1. The maximum Gasteiger partial charge on any atom is 0.303 e. The number of benzene rings is 1. The Bertz CT molecular complexity index is 387. The minimum atomic E-state index is -0.822. The highest BCUT2D eigenvalue weighted by Gasteiger charge is 2.17. The molecule has 2 unspecified atom stereocenters. The molecule has 0 aromatic heterocycles. The van der Waals surface area contributed by atoms with Crippen LogP contribution in [0.25, 0.3) is 0 Å². The van der Waals surface area contributed by atoms with E-state index in [1.54, 1.807) is 0 Å². The fourth-order valence-corrected chi connectivity index (χ4v) is 1.77. The number of carboxylic acid groups (broad SMARTS) is 1. The fourth-order valence-electron chi connectivity index (χ4n) is 1.77. The number of aliphatic carboxylic acids is 1. The summed E-state index contributed by atoms with van der Waals surface area (Å²) >= 11 is 0. The van der Waals surface area contributed by atoms with Crippen molar-refractivity contribution < 1.29 is 14.6 Å². The van der Waals surface area contributed by atoms with Gasteiger partial charge in [-0.05, 0) is 37.5 Å². The second-order valence-corrected chi connectivity index (χ2v) is 4.84. The highest BCUT2D eigenvalue weighted by atomic mass is 16.5. The first-order valence-electron chi connectivity index (χ1n) is 6.14. The monoisotopic (exact) mass is 251 g/mol. The number of ether oxygens (including phenoxy) is 1. The Balaban J connectivity index is 2.69. The maximum atomic E-state index is 10.6. The molecule has 0 amide bonds. The van der Waals surface area contributed by atoms with Crippen molar-refractivity contribution in [3.05, 3.63) is 29.8 Å². The minimum Gasteiger partial charge on any atom is -0.491 e. The zero-order valence-corrected chi connectivity index (χ0v) is 11.1. The zero-order chi connectivity index (χ0) is 13.7. The molecule has 0 bridgehead atoms. The fraction of sp³-hybridized carbons (Fsp3) is 0.500. The lowest BCUT2D eigenvalue weighted by Gasteiger charge is -2.19. The largest absolute Gasteiger partial charge is 0.491 e. The van der Waals surface area contributed by atoms with E-state index in [4.69, 9.17) is 15.6 Å². The SMILES string of the molecule is CC(C)Oc1ccc(C(N)C(C)CC(=O)O)cc1. The molecule has 4 heteroatoms. The molecule has 0 fully saturated rings. The topological polar surface area (TPSA) is 72.5 Å². The third kappa shape index (κ3) is 4.37. The van der Waals surface area contributed by atoms with Gasteiger partial charge in [0.15, 0.2) is 0 Å². The number of hydrogen-bond donors (Lipinski definition) is 2. The molecule has 0 spiro atoms. The van der Waals surface area contributed by atoms with Crippen molar-refractivity contribution in [3.8, 4) is 5.75 Å². The lowest BCUT2D eigenvalue weighted by molar-refractivity contribution is -0.138. The van der Waals surface area contributed by atoms with E-state index in [0.717, 1.165) is 11.3 Å². The van der Waals surface area contributed by atoms with Crippen molar-refractivity contribution in [1.29, 1.82) is 0 Å². The molecule has 1 aromatic carbocycles. The molecule has 3 N–H and O–H groups in total. The van der Waals surface area contributed by atoms with Gasteiger partial charge in [-0.1, -0.05) is 19.1 Å². The Morgan fingerprint density at radius 2 is 1.83 bits per heavy atom. The van der Waals surface area contributed by atoms with E-state index in [-0.39, 0.29) is 24.5 Å². The van der Waals surface area contributed by atoms with E-state index in [1.165, 1.54) is 0 Å². The number of nitrogens with two attached hydrogens (primary N) is 1. The molecular formula is C14H21NO3. The normalized spacial score (nSPS) is 14.3. The zero-order valence-electron chi connectivity index (χ0n) is 11.1. The molecule has 0 aliphatic rings. The average molecular weight is 251 g/mol. The van der Waals surface area contributed by atoms with Crippen molar-refractivity contribution >= 4 is 5.97 Å². The first-order valence-corrected chi connectivity index (χ1v) is 6.14. The first-order chi connectivity index (χ1) is 8.40. The van der Waals surface area contributed by atoms with Gasteiger partial charge in [-0.2, -0.15) is 0 Å². The van der Waals surface area contributed by atoms with E-state index >= 15 is 0 Å². The summed E-state index contributed by atoms with van der Waals surface area (Å²) in [7, 11) is 0. The third-order valence-electron chi connectivity index (χ3n) is 2.75. The van der Waals surface area contributed by atoms with Gasteiger partial charge in [-0.3, -0.25) is 4.79 Å². The van der Waals surface area contributed by atoms with Crippen LogP contribution in [-0.4, -0.2) is 17.2 Å². The van der Waals surface area contributed by atoms with Crippen LogP contribution in [0, 0.1) is 5.92 Å². The lowest BCUT2D eigenvalue weighted by Crippen LogP contribution is -2.21. The molecule has 2 atom stereocenters. The molecule has 0 aliphatic carbocycles. The number of hydrogen-bond acceptors (Lipinski definition) is 3. The van der Waals surface area contributed by atoms with Gasteiger partial charge in [0.25, 0.3) is 0 Å². The molecule has 18 heavy (non-hydrogen) atoms. The van der Waals surface area contributed by atoms with Gasteiger partial charge in [0, 0.05) is 12.5 Å². The number of rotatable bonds is 6. The van der Waals surface area contributed by atoms with Gasteiger partial charge in [-0.15, -0.1) is 0 Å². The predicted octanol–water partition coefficient (Wildman–Crippen LogP) is 2.58. The van der Waals surface area contributed by atoms with Crippen LogP contribution in [0.4, 0.5) is 0 Å². The van der Waals surface area contributed by atoms with Crippen LogP contribution in [-0.2, 0) is 4.79 Å². The molecule has 0 saturated heterocycles. The van der Waals surface area contributed by atoms with Gasteiger partial charge in [0.1, 0.15) is 5.75 Å². The molecule has 1 aromatic rings. The van der Waals surface area contributed by atoms with Gasteiger partial charge in [0.05, 0.1) is 6.10 Å². The standard InChI is InChI=1S/C14H21NO3/c1-9(2)18-12-6-4-11(5-7-12)14(15)10(3)8-13(16)17/h4-7,9-10,14H,8,15H2,1-3H3,(H,16,17). The lowest BCUT2D eigenvalue weighted by atomic mass is 9.93. The van der Waals surface area contributed by atoms with Crippen LogP contribution in [0.15, 0.2) is 24.3 Å². The van der Waals surface area contributed by atoms with Crippen molar-refractivity contribution in [1.82, 2.24) is 0 Å². The van der Waals surface area contributed by atoms with Gasteiger partial charge in [0.2, 0.25) is 0 Å². The smallest absolute Gasteiger partial charge is 0.303 e. The molecule has 4 nitrogen and oxygen atoms in total. The van der Waals surface area contributed by atoms with E-state index in [1.807, 2.05) is 45.0 Å². The number of carboxylic acids is 1. The second-order valence-electron chi connectivity index (χ2n) is 4.84. The van der Waals surface area contributed by atoms with Crippen LogP contribution in [0.5, 0.6) is 5.75 Å². The second kappa shape index (κ2) is 6.40. The Hall–Kier alpha value is -1.55. The molecule has 0 saturated carbocycles. The Morgan fingerprint density at radius 3 is 2.28 bits per heavy atom. The Kier molecular flexibility index (Phi) is 5.16. The van der Waals surface area contributed by atoms with Crippen LogP contribution < -0.4 is 10.5 Å². The van der Waals surface area contributed by atoms with Crippen LogP contribution in [0.1, 0.15) is 38.8 Å². The molecular weight excluding hydrogens is 230 g/mol.